The van der Waals surface area contributed by atoms with E-state index in [0.717, 1.165) is 36.8 Å². The van der Waals surface area contributed by atoms with Gasteiger partial charge in [-0.15, -0.1) is 11.3 Å². The van der Waals surface area contributed by atoms with Crippen LogP contribution in [0.2, 0.25) is 0 Å². The number of hydrogen-bond acceptors (Lipinski definition) is 4. The molecule has 1 N–H and O–H groups in total. The molecule has 0 aliphatic carbocycles. The van der Waals surface area contributed by atoms with Crippen molar-refractivity contribution in [2.75, 3.05) is 19.8 Å². The molecule has 1 fully saturated rings. The molecule has 1 aromatic rings. The fraction of sp³-hybridized carbons (Fsp3) is 0.750. The van der Waals surface area contributed by atoms with Crippen molar-refractivity contribution in [2.45, 2.75) is 38.0 Å². The van der Waals surface area contributed by atoms with Gasteiger partial charge in [-0.3, -0.25) is 0 Å². The van der Waals surface area contributed by atoms with Crippen LogP contribution in [0.1, 0.15) is 43.3 Å². The van der Waals surface area contributed by atoms with Crippen LogP contribution in [0, 0.1) is 0 Å². The summed E-state index contributed by atoms with van der Waals surface area (Å²) in [6, 6.07) is 0. The Morgan fingerprint density at radius 2 is 2.19 bits per heavy atom. The topological polar surface area (TPSA) is 42.4 Å². The highest BCUT2D eigenvalue weighted by atomic mass is 32.1. The van der Waals surface area contributed by atoms with E-state index in [1.807, 2.05) is 0 Å². The first kappa shape index (κ1) is 12.0. The van der Waals surface area contributed by atoms with E-state index in [-0.39, 0.29) is 12.0 Å². The Balaban J connectivity index is 2.25. The third-order valence-electron chi connectivity index (χ3n) is 3.32. The fourth-order valence-corrected chi connectivity index (χ4v) is 3.23. The van der Waals surface area contributed by atoms with Crippen LogP contribution in [0.5, 0.6) is 0 Å². The standard InChI is InChI=1S/C12H19NO2S/c1-9(2)10-7-16-11(13-10)12(8-14)3-5-15-6-4-12/h7,9,14H,3-6,8H2,1-2H3. The molecule has 90 valence electrons. The first-order valence-electron chi connectivity index (χ1n) is 5.82. The molecule has 1 saturated heterocycles. The number of aliphatic hydroxyl groups excluding tert-OH is 1. The lowest BCUT2D eigenvalue weighted by atomic mass is 9.82. The second-order valence-electron chi connectivity index (χ2n) is 4.78. The van der Waals surface area contributed by atoms with Crippen LogP contribution in [0.3, 0.4) is 0 Å². The van der Waals surface area contributed by atoms with Crippen LogP contribution in [-0.2, 0) is 10.2 Å². The zero-order valence-corrected chi connectivity index (χ0v) is 10.7. The maximum Gasteiger partial charge on any atom is 0.101 e. The maximum absolute atomic E-state index is 9.65. The highest BCUT2D eigenvalue weighted by Gasteiger charge is 2.36. The lowest BCUT2D eigenvalue weighted by molar-refractivity contribution is 0.0251. The van der Waals surface area contributed by atoms with Crippen LogP contribution >= 0.6 is 11.3 Å². The molecule has 1 aliphatic rings. The molecule has 0 aromatic carbocycles. The summed E-state index contributed by atoms with van der Waals surface area (Å²) in [5, 5.41) is 12.9. The van der Waals surface area contributed by atoms with E-state index in [1.54, 1.807) is 11.3 Å². The summed E-state index contributed by atoms with van der Waals surface area (Å²) in [5.41, 5.74) is 0.995. The van der Waals surface area contributed by atoms with Crippen molar-refractivity contribution in [3.8, 4) is 0 Å². The number of aromatic nitrogens is 1. The Kier molecular flexibility index (Phi) is 3.62. The van der Waals surface area contributed by atoms with Crippen LogP contribution in [0.4, 0.5) is 0 Å². The third kappa shape index (κ3) is 2.14. The normalized spacial score (nSPS) is 20.2. The van der Waals surface area contributed by atoms with Gasteiger partial charge in [-0.2, -0.15) is 0 Å². The van der Waals surface area contributed by atoms with Gasteiger partial charge < -0.3 is 9.84 Å². The lowest BCUT2D eigenvalue weighted by Crippen LogP contribution is -2.37. The number of nitrogens with zero attached hydrogens (tertiary/aromatic N) is 1. The molecule has 0 spiro atoms. The Hall–Kier alpha value is -0.450. The van der Waals surface area contributed by atoms with E-state index < -0.39 is 0 Å². The van der Waals surface area contributed by atoms with Crippen molar-refractivity contribution < 1.29 is 9.84 Å². The van der Waals surface area contributed by atoms with Crippen molar-refractivity contribution >= 4 is 11.3 Å². The minimum atomic E-state index is -0.143. The molecule has 0 bridgehead atoms. The van der Waals surface area contributed by atoms with Gasteiger partial charge in [0.15, 0.2) is 0 Å². The van der Waals surface area contributed by atoms with E-state index >= 15 is 0 Å². The third-order valence-corrected chi connectivity index (χ3v) is 4.43. The van der Waals surface area contributed by atoms with E-state index in [9.17, 15) is 5.11 Å². The maximum atomic E-state index is 9.65. The van der Waals surface area contributed by atoms with Gasteiger partial charge in [-0.25, -0.2) is 4.98 Å². The van der Waals surface area contributed by atoms with Gasteiger partial charge in [-0.1, -0.05) is 13.8 Å². The van der Waals surface area contributed by atoms with Gasteiger partial charge >= 0.3 is 0 Å². The molecule has 3 nitrogen and oxygen atoms in total. The number of aliphatic hydroxyl groups is 1. The molecule has 0 atom stereocenters. The quantitative estimate of drug-likeness (QED) is 0.883. The summed E-state index contributed by atoms with van der Waals surface area (Å²) in [4.78, 5) is 4.68. The number of thiazole rings is 1. The average molecular weight is 241 g/mol. The van der Waals surface area contributed by atoms with E-state index in [1.165, 1.54) is 0 Å². The number of ether oxygens (including phenoxy) is 1. The lowest BCUT2D eigenvalue weighted by Gasteiger charge is -2.33. The average Bonchev–Trinajstić information content (AvgIpc) is 2.80. The smallest absolute Gasteiger partial charge is 0.101 e. The second-order valence-corrected chi connectivity index (χ2v) is 5.64. The summed E-state index contributed by atoms with van der Waals surface area (Å²) in [6.07, 6.45) is 1.77. The van der Waals surface area contributed by atoms with Gasteiger partial charge in [-0.05, 0) is 18.8 Å². The molecular weight excluding hydrogens is 222 g/mol. The molecule has 0 unspecified atom stereocenters. The van der Waals surface area contributed by atoms with Crippen molar-refractivity contribution in [3.63, 3.8) is 0 Å². The molecule has 2 heterocycles. The monoisotopic (exact) mass is 241 g/mol. The van der Waals surface area contributed by atoms with Crippen LogP contribution in [0.25, 0.3) is 0 Å². The minimum Gasteiger partial charge on any atom is -0.395 e. The van der Waals surface area contributed by atoms with Crippen molar-refractivity contribution in [1.82, 2.24) is 4.98 Å². The molecule has 0 radical (unpaired) electrons. The summed E-state index contributed by atoms with van der Waals surface area (Å²) in [7, 11) is 0. The highest BCUT2D eigenvalue weighted by molar-refractivity contribution is 7.09. The summed E-state index contributed by atoms with van der Waals surface area (Å²) < 4.78 is 5.37. The summed E-state index contributed by atoms with van der Waals surface area (Å²) in [5.74, 6) is 0.459. The van der Waals surface area contributed by atoms with E-state index in [0.29, 0.717) is 5.92 Å². The van der Waals surface area contributed by atoms with Gasteiger partial charge in [0, 0.05) is 24.0 Å². The Labute approximate surface area is 100 Å². The minimum absolute atomic E-state index is 0.143. The van der Waals surface area contributed by atoms with E-state index in [4.69, 9.17) is 4.74 Å². The zero-order chi connectivity index (χ0) is 11.6. The molecular formula is C12H19NO2S. The molecule has 16 heavy (non-hydrogen) atoms. The first-order chi connectivity index (χ1) is 7.68. The Bertz CT molecular complexity index is 343. The molecule has 1 aromatic heterocycles. The van der Waals surface area contributed by atoms with Crippen molar-refractivity contribution in [3.05, 3.63) is 16.1 Å². The predicted octanol–water partition coefficient (Wildman–Crippen LogP) is 2.31. The first-order valence-corrected chi connectivity index (χ1v) is 6.70. The van der Waals surface area contributed by atoms with Crippen molar-refractivity contribution in [1.29, 1.82) is 0 Å². The number of hydrogen-bond donors (Lipinski definition) is 1. The molecule has 2 rings (SSSR count). The number of rotatable bonds is 3. The molecule has 1 aliphatic heterocycles. The van der Waals surface area contributed by atoms with Crippen LogP contribution in [0.15, 0.2) is 5.38 Å². The summed E-state index contributed by atoms with van der Waals surface area (Å²) >= 11 is 1.68. The van der Waals surface area contributed by atoms with Gasteiger partial charge in [0.2, 0.25) is 0 Å². The summed E-state index contributed by atoms with van der Waals surface area (Å²) in [6.45, 7) is 5.94. The predicted molar refractivity (Wildman–Crippen MR) is 65.0 cm³/mol. The van der Waals surface area contributed by atoms with Crippen LogP contribution < -0.4 is 0 Å². The Morgan fingerprint density at radius 3 is 2.69 bits per heavy atom. The van der Waals surface area contributed by atoms with E-state index in [2.05, 4.69) is 24.2 Å². The molecule has 0 saturated carbocycles. The molecule has 0 amide bonds. The fourth-order valence-electron chi connectivity index (χ4n) is 2.00. The second kappa shape index (κ2) is 4.82. The highest BCUT2D eigenvalue weighted by Crippen LogP contribution is 2.37. The zero-order valence-electron chi connectivity index (χ0n) is 9.90. The SMILES string of the molecule is CC(C)c1csc(C2(CO)CCOCC2)n1. The van der Waals surface area contributed by atoms with Gasteiger partial charge in [0.25, 0.3) is 0 Å². The molecule has 4 heteroatoms. The van der Waals surface area contributed by atoms with Gasteiger partial charge in [0.1, 0.15) is 5.01 Å². The largest absolute Gasteiger partial charge is 0.395 e. The Morgan fingerprint density at radius 1 is 1.50 bits per heavy atom. The van der Waals surface area contributed by atoms with Crippen LogP contribution in [-0.4, -0.2) is 29.9 Å². The van der Waals surface area contributed by atoms with Crippen molar-refractivity contribution in [2.24, 2.45) is 0 Å². The van der Waals surface area contributed by atoms with Gasteiger partial charge in [0.05, 0.1) is 12.3 Å².